The zero-order chi connectivity index (χ0) is 19.1. The van der Waals surface area contributed by atoms with Crippen LogP contribution in [0, 0.1) is 11.3 Å². The fraction of sp³-hybridized carbons (Fsp3) is 0.0455. The molecule has 5 heteroatoms. The summed E-state index contributed by atoms with van der Waals surface area (Å²) in [7, 11) is 0. The van der Waals surface area contributed by atoms with Gasteiger partial charge in [0.15, 0.2) is 0 Å². The van der Waals surface area contributed by atoms with Crippen LogP contribution in [-0.4, -0.2) is 0 Å². The number of nitrogens with one attached hydrogen (secondary N) is 1. The molecule has 0 aliphatic carbocycles. The Morgan fingerprint density at radius 1 is 1.00 bits per heavy atom. The summed E-state index contributed by atoms with van der Waals surface area (Å²) in [6, 6.07) is 24.7. The number of nitrogens with zero attached hydrogens (tertiary/aromatic N) is 1. The SMILES string of the molecule is N#CC(=Cc1ccc(OCc2ccccc2)cc1)Nc1ccc(Cl)cc1Cl. The molecule has 0 atom stereocenters. The zero-order valence-corrected chi connectivity index (χ0v) is 15.8. The maximum Gasteiger partial charge on any atom is 0.119 e. The van der Waals surface area contributed by atoms with Crippen molar-refractivity contribution in [2.45, 2.75) is 6.61 Å². The van der Waals surface area contributed by atoms with Crippen molar-refractivity contribution in [3.63, 3.8) is 0 Å². The molecule has 1 N–H and O–H groups in total. The molecular weight excluding hydrogens is 379 g/mol. The van der Waals surface area contributed by atoms with Gasteiger partial charge in [0, 0.05) is 5.02 Å². The van der Waals surface area contributed by atoms with E-state index in [0.717, 1.165) is 16.9 Å². The van der Waals surface area contributed by atoms with Crippen LogP contribution in [0.15, 0.2) is 78.5 Å². The van der Waals surface area contributed by atoms with Crippen LogP contribution in [0.3, 0.4) is 0 Å². The third-order valence-electron chi connectivity index (χ3n) is 3.76. The molecule has 0 spiro atoms. The number of rotatable bonds is 6. The molecule has 0 aromatic heterocycles. The molecule has 0 radical (unpaired) electrons. The molecule has 0 amide bonds. The number of hydrogen-bond donors (Lipinski definition) is 1. The largest absolute Gasteiger partial charge is 0.489 e. The third-order valence-corrected chi connectivity index (χ3v) is 4.31. The normalized spacial score (nSPS) is 10.9. The van der Waals surface area contributed by atoms with Gasteiger partial charge >= 0.3 is 0 Å². The average molecular weight is 395 g/mol. The van der Waals surface area contributed by atoms with Crippen LogP contribution in [0.1, 0.15) is 11.1 Å². The van der Waals surface area contributed by atoms with E-state index < -0.39 is 0 Å². The predicted octanol–water partition coefficient (Wildman–Crippen LogP) is 6.55. The van der Waals surface area contributed by atoms with E-state index in [0.29, 0.717) is 28.0 Å². The molecule has 0 aliphatic heterocycles. The molecule has 0 unspecified atom stereocenters. The van der Waals surface area contributed by atoms with Crippen molar-refractivity contribution in [3.8, 4) is 11.8 Å². The third kappa shape index (κ3) is 5.52. The number of nitriles is 1. The molecule has 3 nitrogen and oxygen atoms in total. The van der Waals surface area contributed by atoms with Gasteiger partial charge in [-0.2, -0.15) is 5.26 Å². The molecule has 0 saturated heterocycles. The van der Waals surface area contributed by atoms with Crippen molar-refractivity contribution in [2.24, 2.45) is 0 Å². The van der Waals surface area contributed by atoms with Crippen LogP contribution in [0.25, 0.3) is 6.08 Å². The summed E-state index contributed by atoms with van der Waals surface area (Å²) in [6.07, 6.45) is 1.74. The smallest absolute Gasteiger partial charge is 0.119 e. The fourth-order valence-electron chi connectivity index (χ4n) is 2.40. The summed E-state index contributed by atoms with van der Waals surface area (Å²) in [5.74, 6) is 0.767. The van der Waals surface area contributed by atoms with Crippen molar-refractivity contribution in [3.05, 3.63) is 99.7 Å². The van der Waals surface area contributed by atoms with E-state index in [1.807, 2.05) is 54.6 Å². The lowest BCUT2D eigenvalue weighted by Crippen LogP contribution is -1.98. The van der Waals surface area contributed by atoms with Crippen molar-refractivity contribution < 1.29 is 4.74 Å². The average Bonchev–Trinajstić information content (AvgIpc) is 2.69. The number of hydrogen-bond acceptors (Lipinski definition) is 3. The Morgan fingerprint density at radius 3 is 2.41 bits per heavy atom. The van der Waals surface area contributed by atoms with E-state index in [9.17, 15) is 5.26 Å². The van der Waals surface area contributed by atoms with Gasteiger partial charge in [0.2, 0.25) is 0 Å². The van der Waals surface area contributed by atoms with Gasteiger partial charge in [0.05, 0.1) is 10.7 Å². The Hall–Kier alpha value is -2.93. The maximum atomic E-state index is 9.38. The quantitative estimate of drug-likeness (QED) is 0.482. The van der Waals surface area contributed by atoms with Gasteiger partial charge in [-0.15, -0.1) is 0 Å². The minimum Gasteiger partial charge on any atom is -0.489 e. The number of allylic oxidation sites excluding steroid dienone is 1. The highest BCUT2D eigenvalue weighted by Crippen LogP contribution is 2.27. The van der Waals surface area contributed by atoms with Crippen molar-refractivity contribution in [1.82, 2.24) is 0 Å². The summed E-state index contributed by atoms with van der Waals surface area (Å²) in [5, 5.41) is 13.4. The predicted molar refractivity (Wildman–Crippen MR) is 111 cm³/mol. The molecule has 3 aromatic rings. The molecule has 27 heavy (non-hydrogen) atoms. The lowest BCUT2D eigenvalue weighted by atomic mass is 10.2. The number of benzene rings is 3. The van der Waals surface area contributed by atoms with Gasteiger partial charge < -0.3 is 10.1 Å². The standard InChI is InChI=1S/C22H16Cl2N2O/c23-18-8-11-22(21(24)13-18)26-19(14-25)12-16-6-9-20(10-7-16)27-15-17-4-2-1-3-5-17/h1-13,26H,15H2. The van der Waals surface area contributed by atoms with Crippen LogP contribution >= 0.6 is 23.2 Å². The highest BCUT2D eigenvalue weighted by atomic mass is 35.5. The van der Waals surface area contributed by atoms with E-state index in [-0.39, 0.29) is 0 Å². The first-order chi connectivity index (χ1) is 13.1. The van der Waals surface area contributed by atoms with E-state index in [1.54, 1.807) is 24.3 Å². The van der Waals surface area contributed by atoms with Crippen molar-refractivity contribution in [1.29, 1.82) is 5.26 Å². The fourth-order valence-corrected chi connectivity index (χ4v) is 2.86. The first-order valence-electron chi connectivity index (χ1n) is 8.25. The lowest BCUT2D eigenvalue weighted by Gasteiger charge is -2.08. The molecule has 0 saturated carbocycles. The molecule has 0 bridgehead atoms. The van der Waals surface area contributed by atoms with Crippen LogP contribution in [-0.2, 0) is 6.61 Å². The van der Waals surface area contributed by atoms with Crippen LogP contribution in [0.5, 0.6) is 5.75 Å². The number of halogens is 2. The first-order valence-corrected chi connectivity index (χ1v) is 9.00. The molecule has 3 rings (SSSR count). The van der Waals surface area contributed by atoms with Gasteiger partial charge in [-0.05, 0) is 47.5 Å². The summed E-state index contributed by atoms with van der Waals surface area (Å²) in [6.45, 7) is 0.510. The lowest BCUT2D eigenvalue weighted by molar-refractivity contribution is 0.306. The summed E-state index contributed by atoms with van der Waals surface area (Å²) >= 11 is 12.0. The van der Waals surface area contributed by atoms with Gasteiger partial charge in [-0.1, -0.05) is 65.7 Å². The first kappa shape index (κ1) is 18.8. The Balaban J connectivity index is 1.67. The van der Waals surface area contributed by atoms with Crippen LogP contribution in [0.2, 0.25) is 10.0 Å². The Labute approximate surface area is 168 Å². The highest BCUT2D eigenvalue weighted by molar-refractivity contribution is 6.36. The molecule has 0 fully saturated rings. The summed E-state index contributed by atoms with van der Waals surface area (Å²) < 4.78 is 5.77. The molecule has 134 valence electrons. The Kier molecular flexibility index (Phi) is 6.38. The Bertz CT molecular complexity index is 977. The molecule has 0 heterocycles. The second-order valence-corrected chi connectivity index (χ2v) is 6.61. The van der Waals surface area contributed by atoms with Gasteiger partial charge in [-0.25, -0.2) is 0 Å². The Morgan fingerprint density at radius 2 is 1.74 bits per heavy atom. The molecule has 3 aromatic carbocycles. The van der Waals surface area contributed by atoms with Crippen LogP contribution < -0.4 is 10.1 Å². The second kappa shape index (κ2) is 9.14. The maximum absolute atomic E-state index is 9.38. The topological polar surface area (TPSA) is 45.0 Å². The minimum atomic E-state index is 0.372. The van der Waals surface area contributed by atoms with E-state index in [4.69, 9.17) is 27.9 Å². The molecule has 0 aliphatic rings. The second-order valence-electron chi connectivity index (χ2n) is 5.76. The van der Waals surface area contributed by atoms with Crippen molar-refractivity contribution in [2.75, 3.05) is 5.32 Å². The summed E-state index contributed by atoms with van der Waals surface area (Å²) in [4.78, 5) is 0. The summed E-state index contributed by atoms with van der Waals surface area (Å²) in [5.41, 5.74) is 2.97. The highest BCUT2D eigenvalue weighted by Gasteiger charge is 2.04. The minimum absolute atomic E-state index is 0.372. The molecular formula is C22H16Cl2N2O. The number of anilines is 1. The van der Waals surface area contributed by atoms with E-state index >= 15 is 0 Å². The van der Waals surface area contributed by atoms with Gasteiger partial charge in [0.25, 0.3) is 0 Å². The monoisotopic (exact) mass is 394 g/mol. The van der Waals surface area contributed by atoms with Crippen LogP contribution in [0.4, 0.5) is 5.69 Å². The van der Waals surface area contributed by atoms with E-state index in [2.05, 4.69) is 11.4 Å². The zero-order valence-electron chi connectivity index (χ0n) is 14.3. The van der Waals surface area contributed by atoms with Crippen molar-refractivity contribution >= 4 is 35.0 Å². The van der Waals surface area contributed by atoms with Gasteiger partial charge in [0.1, 0.15) is 24.1 Å². The number of ether oxygens (including phenoxy) is 1. The van der Waals surface area contributed by atoms with Gasteiger partial charge in [-0.3, -0.25) is 0 Å². The van der Waals surface area contributed by atoms with E-state index in [1.165, 1.54) is 0 Å².